The largest absolute Gasteiger partial charge is 0.493 e. The zero-order valence-corrected chi connectivity index (χ0v) is 14.5. The highest BCUT2D eigenvalue weighted by Gasteiger charge is 2.23. The van der Waals surface area contributed by atoms with Gasteiger partial charge in [0, 0.05) is 12.6 Å². The Bertz CT molecular complexity index is 714. The second-order valence-corrected chi connectivity index (χ2v) is 6.44. The SMILES string of the molecule is COc1cccc2c1OCC(NCC(O)c1cc(C)ccc1C)C2. The van der Waals surface area contributed by atoms with Crippen molar-refractivity contribution in [3.8, 4) is 11.5 Å². The molecule has 0 saturated heterocycles. The van der Waals surface area contributed by atoms with Gasteiger partial charge in [0.1, 0.15) is 6.61 Å². The van der Waals surface area contributed by atoms with Gasteiger partial charge in [0.05, 0.1) is 13.2 Å². The van der Waals surface area contributed by atoms with Crippen LogP contribution in [0.3, 0.4) is 0 Å². The van der Waals surface area contributed by atoms with Gasteiger partial charge in [-0.25, -0.2) is 0 Å². The van der Waals surface area contributed by atoms with Crippen LogP contribution in [-0.2, 0) is 6.42 Å². The zero-order chi connectivity index (χ0) is 17.1. The summed E-state index contributed by atoms with van der Waals surface area (Å²) in [6.45, 7) is 5.16. The number of nitrogens with one attached hydrogen (secondary N) is 1. The molecular formula is C20H25NO3. The lowest BCUT2D eigenvalue weighted by molar-refractivity contribution is 0.156. The molecule has 4 heteroatoms. The molecule has 0 fully saturated rings. The molecule has 0 bridgehead atoms. The van der Waals surface area contributed by atoms with Crippen molar-refractivity contribution in [3.05, 3.63) is 58.7 Å². The van der Waals surface area contributed by atoms with Crippen LogP contribution in [0, 0.1) is 13.8 Å². The molecule has 3 rings (SSSR count). The molecule has 0 radical (unpaired) electrons. The minimum Gasteiger partial charge on any atom is -0.493 e. The van der Waals surface area contributed by atoms with Crippen molar-refractivity contribution < 1.29 is 14.6 Å². The number of hydrogen-bond donors (Lipinski definition) is 2. The van der Waals surface area contributed by atoms with E-state index >= 15 is 0 Å². The number of rotatable bonds is 5. The molecule has 2 atom stereocenters. The molecule has 2 aromatic rings. The van der Waals surface area contributed by atoms with Gasteiger partial charge in [0.25, 0.3) is 0 Å². The maximum Gasteiger partial charge on any atom is 0.164 e. The summed E-state index contributed by atoms with van der Waals surface area (Å²) in [6.07, 6.45) is 0.350. The predicted molar refractivity (Wildman–Crippen MR) is 94.9 cm³/mol. The summed E-state index contributed by atoms with van der Waals surface area (Å²) in [4.78, 5) is 0. The third kappa shape index (κ3) is 3.55. The quantitative estimate of drug-likeness (QED) is 0.886. The highest BCUT2D eigenvalue weighted by Crippen LogP contribution is 2.34. The average Bonchev–Trinajstić information content (AvgIpc) is 2.60. The van der Waals surface area contributed by atoms with Crippen molar-refractivity contribution in [2.45, 2.75) is 32.4 Å². The van der Waals surface area contributed by atoms with E-state index in [-0.39, 0.29) is 6.04 Å². The smallest absolute Gasteiger partial charge is 0.164 e. The lowest BCUT2D eigenvalue weighted by atomic mass is 9.99. The minimum atomic E-state index is -0.517. The highest BCUT2D eigenvalue weighted by molar-refractivity contribution is 5.48. The second kappa shape index (κ2) is 7.24. The lowest BCUT2D eigenvalue weighted by Gasteiger charge is -2.28. The number of fused-ring (bicyclic) bond motifs is 1. The number of methoxy groups -OCH3 is 1. The molecule has 2 N–H and O–H groups in total. The van der Waals surface area contributed by atoms with Crippen LogP contribution in [0.1, 0.15) is 28.4 Å². The molecule has 0 amide bonds. The Labute approximate surface area is 143 Å². The third-order valence-corrected chi connectivity index (χ3v) is 4.57. The standard InChI is InChI=1S/C20H25NO3/c1-13-7-8-14(2)17(9-13)18(22)11-21-16-10-15-5-4-6-19(23-3)20(15)24-12-16/h4-9,16,18,21-22H,10-12H2,1-3H3. The number of hydrogen-bond acceptors (Lipinski definition) is 4. The molecule has 1 aliphatic rings. The Balaban J connectivity index is 1.62. The first-order valence-corrected chi connectivity index (χ1v) is 8.35. The molecule has 1 heterocycles. The molecule has 128 valence electrons. The van der Waals surface area contributed by atoms with Crippen LogP contribution in [0.25, 0.3) is 0 Å². The first-order valence-electron chi connectivity index (χ1n) is 8.35. The van der Waals surface area contributed by atoms with Crippen molar-refractivity contribution in [3.63, 3.8) is 0 Å². The maximum absolute atomic E-state index is 10.5. The average molecular weight is 327 g/mol. The number of ether oxygens (including phenoxy) is 2. The van der Waals surface area contributed by atoms with Crippen LogP contribution < -0.4 is 14.8 Å². The first-order chi connectivity index (χ1) is 11.6. The van der Waals surface area contributed by atoms with Gasteiger partial charge < -0.3 is 19.9 Å². The summed E-state index contributed by atoms with van der Waals surface area (Å²) in [7, 11) is 1.66. The van der Waals surface area contributed by atoms with Gasteiger partial charge >= 0.3 is 0 Å². The van der Waals surface area contributed by atoms with Crippen LogP contribution >= 0.6 is 0 Å². The fraction of sp³-hybridized carbons (Fsp3) is 0.400. The van der Waals surface area contributed by atoms with Crippen molar-refractivity contribution in [2.75, 3.05) is 20.3 Å². The Kier molecular flexibility index (Phi) is 5.07. The minimum absolute atomic E-state index is 0.185. The number of aryl methyl sites for hydroxylation is 2. The van der Waals surface area contributed by atoms with Crippen LogP contribution in [0.2, 0.25) is 0 Å². The van der Waals surface area contributed by atoms with E-state index in [1.165, 1.54) is 0 Å². The van der Waals surface area contributed by atoms with Gasteiger partial charge in [-0.3, -0.25) is 0 Å². The van der Waals surface area contributed by atoms with Crippen LogP contribution in [-0.4, -0.2) is 31.4 Å². The molecule has 1 aliphatic heterocycles. The van der Waals surface area contributed by atoms with Gasteiger partial charge in [-0.05, 0) is 43.0 Å². The summed E-state index contributed by atoms with van der Waals surface area (Å²) < 4.78 is 11.2. The fourth-order valence-corrected chi connectivity index (χ4v) is 3.19. The Hall–Kier alpha value is -2.04. The van der Waals surface area contributed by atoms with E-state index in [0.717, 1.165) is 40.2 Å². The number of para-hydroxylation sites is 1. The normalized spacial score (nSPS) is 17.8. The zero-order valence-electron chi connectivity index (χ0n) is 14.5. The van der Waals surface area contributed by atoms with Gasteiger partial charge in [0.2, 0.25) is 0 Å². The molecule has 0 aromatic heterocycles. The van der Waals surface area contributed by atoms with Crippen molar-refractivity contribution in [2.24, 2.45) is 0 Å². The summed E-state index contributed by atoms with van der Waals surface area (Å²) >= 11 is 0. The van der Waals surface area contributed by atoms with E-state index in [2.05, 4.69) is 29.6 Å². The molecule has 0 aliphatic carbocycles. The summed E-state index contributed by atoms with van der Waals surface area (Å²) in [5.74, 6) is 1.62. The molecular weight excluding hydrogens is 302 g/mol. The van der Waals surface area contributed by atoms with Crippen molar-refractivity contribution in [1.82, 2.24) is 5.32 Å². The number of aliphatic hydroxyl groups excluding tert-OH is 1. The van der Waals surface area contributed by atoms with Gasteiger partial charge in [-0.2, -0.15) is 0 Å². The van der Waals surface area contributed by atoms with Crippen LogP contribution in [0.4, 0.5) is 0 Å². The molecule has 2 unspecified atom stereocenters. The lowest BCUT2D eigenvalue weighted by Crippen LogP contribution is -2.41. The van der Waals surface area contributed by atoms with Gasteiger partial charge in [-0.15, -0.1) is 0 Å². The predicted octanol–water partition coefficient (Wildman–Crippen LogP) is 2.94. The van der Waals surface area contributed by atoms with Gasteiger partial charge in [0.15, 0.2) is 11.5 Å². The van der Waals surface area contributed by atoms with E-state index in [9.17, 15) is 5.11 Å². The monoisotopic (exact) mass is 327 g/mol. The topological polar surface area (TPSA) is 50.7 Å². The van der Waals surface area contributed by atoms with Gasteiger partial charge in [-0.1, -0.05) is 35.9 Å². The Morgan fingerprint density at radius 3 is 2.92 bits per heavy atom. The Morgan fingerprint density at radius 1 is 1.29 bits per heavy atom. The van der Waals surface area contributed by atoms with E-state index < -0.39 is 6.10 Å². The maximum atomic E-state index is 10.5. The van der Waals surface area contributed by atoms with Crippen LogP contribution in [0.15, 0.2) is 36.4 Å². The van der Waals surface area contributed by atoms with E-state index in [1.54, 1.807) is 7.11 Å². The highest BCUT2D eigenvalue weighted by atomic mass is 16.5. The number of benzene rings is 2. The summed E-state index contributed by atoms with van der Waals surface area (Å²) in [5.41, 5.74) is 4.40. The van der Waals surface area contributed by atoms with E-state index in [4.69, 9.17) is 9.47 Å². The molecule has 0 spiro atoms. The molecule has 24 heavy (non-hydrogen) atoms. The molecule has 4 nitrogen and oxygen atoms in total. The summed E-state index contributed by atoms with van der Waals surface area (Å²) in [6, 6.07) is 12.3. The third-order valence-electron chi connectivity index (χ3n) is 4.57. The van der Waals surface area contributed by atoms with E-state index in [1.807, 2.05) is 26.0 Å². The molecule has 2 aromatic carbocycles. The fourth-order valence-electron chi connectivity index (χ4n) is 3.19. The van der Waals surface area contributed by atoms with Crippen molar-refractivity contribution >= 4 is 0 Å². The van der Waals surface area contributed by atoms with Crippen molar-refractivity contribution in [1.29, 1.82) is 0 Å². The summed E-state index contributed by atoms with van der Waals surface area (Å²) in [5, 5.41) is 13.9. The van der Waals surface area contributed by atoms with Crippen LogP contribution in [0.5, 0.6) is 11.5 Å². The Morgan fingerprint density at radius 2 is 2.12 bits per heavy atom. The second-order valence-electron chi connectivity index (χ2n) is 6.44. The molecule has 0 saturated carbocycles. The number of aliphatic hydroxyl groups is 1. The first kappa shape index (κ1) is 16.8. The van der Waals surface area contributed by atoms with E-state index in [0.29, 0.717) is 13.2 Å².